The zero-order valence-electron chi connectivity index (χ0n) is 4.72. The first-order valence-corrected chi connectivity index (χ1v) is 5.13. The summed E-state index contributed by atoms with van der Waals surface area (Å²) >= 11 is 39.4. The molecule has 66 valence electrons. The molecular formula is C4HCl7. The molecule has 1 aliphatic rings. The molecule has 0 aromatic heterocycles. The second kappa shape index (κ2) is 2.76. The van der Waals surface area contributed by atoms with Gasteiger partial charge in [0.2, 0.25) is 0 Å². The molecule has 0 N–H and O–H groups in total. The number of hydrogen-bond donors (Lipinski definition) is 0. The van der Waals surface area contributed by atoms with Crippen LogP contribution in [0.3, 0.4) is 0 Å². The zero-order valence-corrected chi connectivity index (χ0v) is 10.0. The van der Waals surface area contributed by atoms with Gasteiger partial charge in [-0.2, -0.15) is 0 Å². The van der Waals surface area contributed by atoms with E-state index in [1.165, 1.54) is 0 Å². The van der Waals surface area contributed by atoms with E-state index in [9.17, 15) is 0 Å². The van der Waals surface area contributed by atoms with E-state index in [0.29, 0.717) is 0 Å². The number of alkyl halides is 7. The molecule has 0 radical (unpaired) electrons. The quantitative estimate of drug-likeness (QED) is 0.590. The third-order valence-electron chi connectivity index (χ3n) is 1.47. The minimum Gasteiger partial charge on any atom is -0.116 e. The minimum absolute atomic E-state index is 0.892. The molecule has 0 aliphatic heterocycles. The number of halogens is 7. The molecule has 0 aromatic carbocycles. The van der Waals surface area contributed by atoms with Crippen molar-refractivity contribution >= 4 is 81.2 Å². The summed E-state index contributed by atoms with van der Waals surface area (Å²) in [7, 11) is 0. The molecule has 0 aromatic rings. The summed E-state index contributed by atoms with van der Waals surface area (Å²) in [6.07, 6.45) is 0. The smallest absolute Gasteiger partial charge is 0.116 e. The third-order valence-corrected chi connectivity index (χ3v) is 6.55. The summed E-state index contributed by atoms with van der Waals surface area (Å²) in [6, 6.07) is 0. The van der Waals surface area contributed by atoms with Crippen LogP contribution in [0.25, 0.3) is 0 Å². The Morgan fingerprint density at radius 3 is 1.09 bits per heavy atom. The van der Waals surface area contributed by atoms with E-state index in [1.54, 1.807) is 0 Å². The van der Waals surface area contributed by atoms with Crippen LogP contribution >= 0.6 is 81.2 Å². The first-order chi connectivity index (χ1) is 4.65. The molecule has 0 spiro atoms. The first kappa shape index (κ1) is 11.1. The van der Waals surface area contributed by atoms with Gasteiger partial charge < -0.3 is 0 Å². The van der Waals surface area contributed by atoms with Gasteiger partial charge in [-0.1, -0.05) is 69.6 Å². The van der Waals surface area contributed by atoms with Crippen LogP contribution in [0.4, 0.5) is 0 Å². The van der Waals surface area contributed by atoms with Gasteiger partial charge in [0.1, 0.15) is 5.38 Å². The third kappa shape index (κ3) is 1.18. The molecule has 11 heavy (non-hydrogen) atoms. The lowest BCUT2D eigenvalue weighted by Gasteiger charge is -2.56. The van der Waals surface area contributed by atoms with Gasteiger partial charge in [-0.05, 0) is 0 Å². The van der Waals surface area contributed by atoms with Crippen LogP contribution in [-0.2, 0) is 0 Å². The van der Waals surface area contributed by atoms with Crippen molar-refractivity contribution in [2.45, 2.75) is 18.4 Å². The van der Waals surface area contributed by atoms with E-state index >= 15 is 0 Å². The standard InChI is InChI=1S/C4HCl7/c5-1-2(6,7)4(10,11)3(1,8)9/h1H. The van der Waals surface area contributed by atoms with E-state index in [4.69, 9.17) is 81.2 Å². The van der Waals surface area contributed by atoms with Gasteiger partial charge in [-0.15, -0.1) is 11.6 Å². The molecule has 1 aliphatic carbocycles. The van der Waals surface area contributed by atoms with Crippen LogP contribution in [-0.4, -0.2) is 18.4 Å². The van der Waals surface area contributed by atoms with Crippen LogP contribution in [0.1, 0.15) is 0 Å². The van der Waals surface area contributed by atoms with Gasteiger partial charge >= 0.3 is 0 Å². The van der Waals surface area contributed by atoms with E-state index in [1.807, 2.05) is 0 Å². The van der Waals surface area contributed by atoms with Gasteiger partial charge in [0.05, 0.1) is 0 Å². The fourth-order valence-electron chi connectivity index (χ4n) is 0.690. The van der Waals surface area contributed by atoms with Crippen molar-refractivity contribution in [3.8, 4) is 0 Å². The predicted octanol–water partition coefficient (Wildman–Crippen LogP) is 4.13. The van der Waals surface area contributed by atoms with Crippen molar-refractivity contribution in [3.05, 3.63) is 0 Å². The second-order valence-electron chi connectivity index (χ2n) is 2.18. The van der Waals surface area contributed by atoms with Crippen LogP contribution in [0, 0.1) is 0 Å². The van der Waals surface area contributed by atoms with Crippen LogP contribution in [0.15, 0.2) is 0 Å². The fourth-order valence-corrected chi connectivity index (χ4v) is 3.35. The van der Waals surface area contributed by atoms with Crippen LogP contribution < -0.4 is 0 Å². The summed E-state index contributed by atoms with van der Waals surface area (Å²) < 4.78 is -4.67. The average molecular weight is 297 g/mol. The molecule has 1 saturated carbocycles. The lowest BCUT2D eigenvalue weighted by atomic mass is 9.94. The highest BCUT2D eigenvalue weighted by Gasteiger charge is 2.79. The monoisotopic (exact) mass is 294 g/mol. The summed E-state index contributed by atoms with van der Waals surface area (Å²) in [4.78, 5) is 0. The van der Waals surface area contributed by atoms with Crippen LogP contribution in [0.5, 0.6) is 0 Å². The van der Waals surface area contributed by atoms with Gasteiger partial charge in [-0.25, -0.2) is 0 Å². The van der Waals surface area contributed by atoms with E-state index in [0.717, 1.165) is 0 Å². The minimum atomic E-state index is -1.64. The maximum Gasteiger partial charge on any atom is 0.186 e. The molecule has 0 bridgehead atoms. The highest BCUT2D eigenvalue weighted by atomic mass is 35.5. The predicted molar refractivity (Wildman–Crippen MR) is 53.0 cm³/mol. The SMILES string of the molecule is ClC1C(Cl)(Cl)C(Cl)(Cl)C1(Cl)Cl. The second-order valence-corrected chi connectivity index (χ2v) is 6.72. The highest BCUT2D eigenvalue weighted by Crippen LogP contribution is 2.69. The lowest BCUT2D eigenvalue weighted by Crippen LogP contribution is -2.72. The maximum atomic E-state index is 5.64. The van der Waals surface area contributed by atoms with Crippen molar-refractivity contribution < 1.29 is 0 Å². The molecule has 1 rings (SSSR count). The Labute approximate surface area is 99.0 Å². The summed E-state index contributed by atoms with van der Waals surface area (Å²) in [5.74, 6) is 0. The Balaban J connectivity index is 2.98. The molecule has 7 heteroatoms. The molecule has 1 fully saturated rings. The van der Waals surface area contributed by atoms with E-state index < -0.39 is 18.4 Å². The summed E-state index contributed by atoms with van der Waals surface area (Å²) in [5.41, 5.74) is 0. The molecule has 0 heterocycles. The number of hydrogen-bond acceptors (Lipinski definition) is 0. The van der Waals surface area contributed by atoms with Crippen molar-refractivity contribution in [1.82, 2.24) is 0 Å². The van der Waals surface area contributed by atoms with E-state index in [2.05, 4.69) is 0 Å². The van der Waals surface area contributed by atoms with Gasteiger partial charge in [0.15, 0.2) is 13.0 Å². The van der Waals surface area contributed by atoms with Gasteiger partial charge in [0, 0.05) is 0 Å². The van der Waals surface area contributed by atoms with Crippen molar-refractivity contribution in [2.24, 2.45) is 0 Å². The largest absolute Gasteiger partial charge is 0.186 e. The zero-order chi connectivity index (χ0) is 9.08. The first-order valence-electron chi connectivity index (χ1n) is 2.43. The Morgan fingerprint density at radius 2 is 1.00 bits per heavy atom. The van der Waals surface area contributed by atoms with Crippen molar-refractivity contribution in [3.63, 3.8) is 0 Å². The van der Waals surface area contributed by atoms with Gasteiger partial charge in [-0.3, -0.25) is 0 Å². The Hall–Kier alpha value is 2.03. The van der Waals surface area contributed by atoms with Gasteiger partial charge in [0.25, 0.3) is 0 Å². The molecule has 0 saturated heterocycles. The maximum absolute atomic E-state index is 5.64. The Kier molecular flexibility index (Phi) is 2.79. The van der Waals surface area contributed by atoms with Crippen LogP contribution in [0.2, 0.25) is 0 Å². The molecule has 0 amide bonds. The molecule has 0 unspecified atom stereocenters. The summed E-state index contributed by atoms with van der Waals surface area (Å²) in [6.45, 7) is 0. The topological polar surface area (TPSA) is 0 Å². The Morgan fingerprint density at radius 1 is 0.727 bits per heavy atom. The van der Waals surface area contributed by atoms with E-state index in [-0.39, 0.29) is 0 Å². The Bertz CT molecular complexity index is 165. The summed E-state index contributed by atoms with van der Waals surface area (Å²) in [5, 5.41) is -0.892. The average Bonchev–Trinajstić information content (AvgIpc) is 1.84. The van der Waals surface area contributed by atoms with Crippen molar-refractivity contribution in [2.75, 3.05) is 0 Å². The molecule has 0 nitrogen and oxygen atoms in total. The normalized spacial score (nSPS) is 33.0. The number of rotatable bonds is 0. The molecular weight excluding hydrogens is 296 g/mol. The fraction of sp³-hybridized carbons (Fsp3) is 1.00. The molecule has 0 atom stereocenters. The van der Waals surface area contributed by atoms with Crippen molar-refractivity contribution in [1.29, 1.82) is 0 Å². The highest BCUT2D eigenvalue weighted by molar-refractivity contribution is 6.76. The lowest BCUT2D eigenvalue weighted by molar-refractivity contribution is 0.409.